The first kappa shape index (κ1) is 86.0. The van der Waals surface area contributed by atoms with E-state index in [4.69, 9.17) is 37.0 Å². The SMILES string of the molecule is CC/C=C\CC=CCCCCCCC(=O)OCC(COP(=O)(O)OCC(O)COP(=O)(O)OCC(COC(=O)CCCCCCC=CC/C=C\CCCC)OC(=O)CCCCCCC=CCC=CCCCC)OC(=O)CCCCCCC=CCC=CCCCC. The second-order valence-electron chi connectivity index (χ2n) is 22.7. The molecule has 5 atom stereocenters. The first-order valence-electron chi connectivity index (χ1n) is 34.5. The van der Waals surface area contributed by atoms with Gasteiger partial charge in [-0.25, -0.2) is 9.13 Å². The lowest BCUT2D eigenvalue weighted by Gasteiger charge is -2.21. The van der Waals surface area contributed by atoms with Crippen LogP contribution in [0.4, 0.5) is 0 Å². The molecule has 0 aliphatic carbocycles. The Bertz CT molecular complexity index is 2100. The van der Waals surface area contributed by atoms with Crippen LogP contribution in [-0.4, -0.2) is 96.7 Å². The number of aliphatic hydroxyl groups excluding tert-OH is 1. The van der Waals surface area contributed by atoms with Crippen LogP contribution in [-0.2, 0) is 65.4 Å². The van der Waals surface area contributed by atoms with Crippen LogP contribution in [0, 0.1) is 0 Å². The Morgan fingerprint density at radius 3 is 0.867 bits per heavy atom. The number of carbonyl (C=O) groups excluding carboxylic acids is 4. The van der Waals surface area contributed by atoms with Crippen LogP contribution in [0.15, 0.2) is 97.2 Å². The highest BCUT2D eigenvalue weighted by Gasteiger charge is 2.30. The number of hydrogen-bond donors (Lipinski definition) is 3. The van der Waals surface area contributed by atoms with Gasteiger partial charge in [0.05, 0.1) is 26.4 Å². The molecule has 518 valence electrons. The van der Waals surface area contributed by atoms with Crippen molar-refractivity contribution in [2.24, 2.45) is 0 Å². The molecule has 19 heteroatoms. The molecular weight excluding hydrogens is 1190 g/mol. The summed E-state index contributed by atoms with van der Waals surface area (Å²) in [5.41, 5.74) is 0. The van der Waals surface area contributed by atoms with Crippen LogP contribution in [0.5, 0.6) is 0 Å². The molecule has 0 aromatic carbocycles. The third kappa shape index (κ3) is 62.8. The molecule has 17 nitrogen and oxygen atoms in total. The molecule has 0 saturated heterocycles. The minimum Gasteiger partial charge on any atom is -0.462 e. The molecule has 3 N–H and O–H groups in total. The highest BCUT2D eigenvalue weighted by molar-refractivity contribution is 7.47. The fraction of sp³-hybridized carbons (Fsp3) is 0.718. The molecular formula is C71H122O17P2. The Morgan fingerprint density at radius 2 is 0.578 bits per heavy atom. The summed E-state index contributed by atoms with van der Waals surface area (Å²) in [4.78, 5) is 72.4. The van der Waals surface area contributed by atoms with Gasteiger partial charge in [0, 0.05) is 25.7 Å². The summed E-state index contributed by atoms with van der Waals surface area (Å²) in [5.74, 6) is -2.26. The van der Waals surface area contributed by atoms with E-state index in [1.165, 1.54) is 38.5 Å². The number of hydrogen-bond acceptors (Lipinski definition) is 15. The fourth-order valence-electron chi connectivity index (χ4n) is 8.66. The molecule has 0 bridgehead atoms. The molecule has 0 rings (SSSR count). The van der Waals surface area contributed by atoms with Crippen LogP contribution < -0.4 is 0 Å². The molecule has 0 aliphatic rings. The highest BCUT2D eigenvalue weighted by atomic mass is 31.2. The molecule has 5 unspecified atom stereocenters. The second-order valence-corrected chi connectivity index (χ2v) is 25.6. The van der Waals surface area contributed by atoms with Gasteiger partial charge in [-0.05, 0) is 128 Å². The first-order valence-corrected chi connectivity index (χ1v) is 37.5. The molecule has 0 fully saturated rings. The largest absolute Gasteiger partial charge is 0.472 e. The number of aliphatic hydroxyl groups is 1. The van der Waals surface area contributed by atoms with Crippen molar-refractivity contribution in [1.29, 1.82) is 0 Å². The first-order chi connectivity index (χ1) is 43.7. The van der Waals surface area contributed by atoms with E-state index in [1.54, 1.807) is 0 Å². The molecule has 0 heterocycles. The molecule has 0 aromatic rings. The van der Waals surface area contributed by atoms with Crippen molar-refractivity contribution in [3.63, 3.8) is 0 Å². The quantitative estimate of drug-likeness (QED) is 0.0169. The van der Waals surface area contributed by atoms with Gasteiger partial charge >= 0.3 is 39.5 Å². The smallest absolute Gasteiger partial charge is 0.462 e. The van der Waals surface area contributed by atoms with Gasteiger partial charge in [-0.15, -0.1) is 0 Å². The summed E-state index contributed by atoms with van der Waals surface area (Å²) in [7, 11) is -9.95. The Morgan fingerprint density at radius 1 is 0.322 bits per heavy atom. The average molecular weight is 1310 g/mol. The summed E-state index contributed by atoms with van der Waals surface area (Å²) < 4.78 is 68.1. The number of ether oxygens (including phenoxy) is 4. The number of phosphoric acid groups is 2. The van der Waals surface area contributed by atoms with Crippen LogP contribution >= 0.6 is 15.6 Å². The maximum absolute atomic E-state index is 13.0. The third-order valence-corrected chi connectivity index (χ3v) is 15.9. The minimum atomic E-state index is -4.98. The lowest BCUT2D eigenvalue weighted by atomic mass is 10.1. The normalized spacial score (nSPS) is 14.7. The standard InChI is InChI=1S/C71H122O17P2/c1-5-9-13-17-21-25-29-32-36-40-44-48-52-56-69(74)82-62-67(88-71(76)58-54-50-46-42-38-34-31-27-23-19-15-11-7-3)64-86-90(79,80)84-60-65(72)59-83-89(77,78)85-63-66(61-81-68(73)55-51-47-43-39-35-28-24-20-16-12-8-4)87-70(75)57-53-49-45-41-37-33-30-26-22-18-14-10-6-2/h12,16-19,21-24,28-34,65-67,72H,5-11,13-15,20,25-27,35-64H2,1-4H3,(H,77,78)(H,79,80)/b16-12-,21-17-,22-18?,23-19?,28-24?,32-29?,33-30?,34-31?. The maximum Gasteiger partial charge on any atom is 0.472 e. The van der Waals surface area contributed by atoms with E-state index in [9.17, 15) is 43.2 Å². The van der Waals surface area contributed by atoms with Gasteiger partial charge < -0.3 is 33.8 Å². The van der Waals surface area contributed by atoms with Crippen molar-refractivity contribution in [2.75, 3.05) is 39.6 Å². The van der Waals surface area contributed by atoms with Crippen LogP contribution in [0.1, 0.15) is 272 Å². The van der Waals surface area contributed by atoms with Gasteiger partial charge in [-0.2, -0.15) is 0 Å². The summed E-state index contributed by atoms with van der Waals surface area (Å²) in [5, 5.41) is 10.6. The van der Waals surface area contributed by atoms with Crippen molar-refractivity contribution in [3.05, 3.63) is 97.2 Å². The monoisotopic (exact) mass is 1310 g/mol. The zero-order chi connectivity index (χ0) is 66.1. The van der Waals surface area contributed by atoms with Gasteiger partial charge in [-0.1, -0.05) is 215 Å². The molecule has 0 aromatic heterocycles. The average Bonchev–Trinajstić information content (AvgIpc) is 3.34. The molecule has 0 aliphatic heterocycles. The summed E-state index contributed by atoms with van der Waals surface area (Å²) in [6.07, 6.45) is 62.9. The van der Waals surface area contributed by atoms with E-state index in [0.29, 0.717) is 25.7 Å². The van der Waals surface area contributed by atoms with Crippen molar-refractivity contribution in [2.45, 2.75) is 290 Å². The Balaban J connectivity index is 5.37. The van der Waals surface area contributed by atoms with Gasteiger partial charge in [0.2, 0.25) is 0 Å². The topological polar surface area (TPSA) is 237 Å². The van der Waals surface area contributed by atoms with Crippen LogP contribution in [0.25, 0.3) is 0 Å². The maximum atomic E-state index is 13.0. The summed E-state index contributed by atoms with van der Waals surface area (Å²) in [6, 6.07) is 0. The molecule has 0 radical (unpaired) electrons. The number of carbonyl (C=O) groups is 4. The number of rotatable bonds is 64. The minimum absolute atomic E-state index is 0.0678. The fourth-order valence-corrected chi connectivity index (χ4v) is 10.2. The van der Waals surface area contributed by atoms with E-state index in [0.717, 1.165) is 154 Å². The zero-order valence-corrected chi connectivity index (χ0v) is 57.8. The predicted octanol–water partition coefficient (Wildman–Crippen LogP) is 18.9. The third-order valence-electron chi connectivity index (χ3n) is 14.0. The van der Waals surface area contributed by atoms with Crippen molar-refractivity contribution in [3.8, 4) is 0 Å². The number of allylic oxidation sites excluding steroid dienone is 16. The number of unbranched alkanes of at least 4 members (excludes halogenated alkanes) is 22. The van der Waals surface area contributed by atoms with Crippen molar-refractivity contribution >= 4 is 39.5 Å². The van der Waals surface area contributed by atoms with Gasteiger partial charge in [-0.3, -0.25) is 37.3 Å². The number of esters is 4. The lowest BCUT2D eigenvalue weighted by molar-refractivity contribution is -0.161. The van der Waals surface area contributed by atoms with E-state index in [2.05, 4.69) is 125 Å². The van der Waals surface area contributed by atoms with Gasteiger partial charge in [0.1, 0.15) is 19.3 Å². The van der Waals surface area contributed by atoms with Crippen molar-refractivity contribution in [1.82, 2.24) is 0 Å². The molecule has 0 spiro atoms. The molecule has 0 amide bonds. The van der Waals surface area contributed by atoms with Crippen LogP contribution in [0.2, 0.25) is 0 Å². The molecule has 0 saturated carbocycles. The Labute approximate surface area is 544 Å². The zero-order valence-electron chi connectivity index (χ0n) is 56.0. The van der Waals surface area contributed by atoms with Gasteiger partial charge in [0.15, 0.2) is 12.2 Å². The predicted molar refractivity (Wildman–Crippen MR) is 362 cm³/mol. The van der Waals surface area contributed by atoms with Crippen LogP contribution in [0.3, 0.4) is 0 Å². The summed E-state index contributed by atoms with van der Waals surface area (Å²) in [6.45, 7) is 4.51. The molecule has 90 heavy (non-hydrogen) atoms. The van der Waals surface area contributed by atoms with E-state index in [1.807, 2.05) is 0 Å². The van der Waals surface area contributed by atoms with E-state index in [-0.39, 0.29) is 25.7 Å². The lowest BCUT2D eigenvalue weighted by Crippen LogP contribution is -2.30. The van der Waals surface area contributed by atoms with E-state index < -0.39 is 97.5 Å². The Hall–Kier alpha value is -4.02. The highest BCUT2D eigenvalue weighted by Crippen LogP contribution is 2.45. The summed E-state index contributed by atoms with van der Waals surface area (Å²) >= 11 is 0. The van der Waals surface area contributed by atoms with Crippen molar-refractivity contribution < 1.29 is 80.2 Å². The van der Waals surface area contributed by atoms with Gasteiger partial charge in [0.25, 0.3) is 0 Å². The van der Waals surface area contributed by atoms with E-state index >= 15 is 0 Å². The Kier molecular flexibility index (Phi) is 60.9. The number of phosphoric ester groups is 2. The second kappa shape index (κ2) is 63.7.